The molecule has 1 aromatic heterocycles. The van der Waals surface area contributed by atoms with Crippen molar-refractivity contribution in [2.45, 2.75) is 25.8 Å². The van der Waals surface area contributed by atoms with Crippen LogP contribution >= 0.6 is 0 Å². The van der Waals surface area contributed by atoms with E-state index >= 15 is 0 Å². The molecule has 96 valence electrons. The van der Waals surface area contributed by atoms with Crippen LogP contribution in [0.4, 0.5) is 0 Å². The van der Waals surface area contributed by atoms with Crippen LogP contribution in [0, 0.1) is 0 Å². The molecule has 1 N–H and O–H groups in total. The predicted octanol–water partition coefficient (Wildman–Crippen LogP) is 0.710. The summed E-state index contributed by atoms with van der Waals surface area (Å²) in [6, 6.07) is 3.91. The minimum absolute atomic E-state index is 0.0349. The lowest BCUT2D eigenvalue weighted by atomic mass is 10.3. The summed E-state index contributed by atoms with van der Waals surface area (Å²) in [6.07, 6.45) is 5.11. The summed E-state index contributed by atoms with van der Waals surface area (Å²) in [4.78, 5) is 28.1. The van der Waals surface area contributed by atoms with Gasteiger partial charge in [0.2, 0.25) is 11.8 Å². The molecule has 18 heavy (non-hydrogen) atoms. The molecule has 0 radical (unpaired) electrons. The zero-order chi connectivity index (χ0) is 12.8. The van der Waals surface area contributed by atoms with Crippen molar-refractivity contribution in [3.63, 3.8) is 0 Å². The molecule has 5 nitrogen and oxygen atoms in total. The monoisotopic (exact) mass is 247 g/mol. The first-order valence-corrected chi connectivity index (χ1v) is 6.20. The Morgan fingerprint density at radius 3 is 2.72 bits per heavy atom. The third-order valence-electron chi connectivity index (χ3n) is 2.94. The maximum Gasteiger partial charge on any atom is 0.229 e. The van der Waals surface area contributed by atoms with Crippen molar-refractivity contribution in [3.8, 4) is 0 Å². The molecule has 2 rings (SSSR count). The van der Waals surface area contributed by atoms with Crippen molar-refractivity contribution >= 4 is 11.8 Å². The van der Waals surface area contributed by atoms with E-state index in [4.69, 9.17) is 0 Å². The number of aromatic nitrogens is 1. The number of rotatable bonds is 6. The Kier molecular flexibility index (Phi) is 4.41. The van der Waals surface area contributed by atoms with Gasteiger partial charge in [-0.2, -0.15) is 0 Å². The van der Waals surface area contributed by atoms with E-state index in [0.29, 0.717) is 19.4 Å². The molecule has 0 unspecified atom stereocenters. The molecule has 5 heteroatoms. The Bertz CT molecular complexity index is 404. The van der Waals surface area contributed by atoms with Crippen LogP contribution in [0.2, 0.25) is 0 Å². The van der Waals surface area contributed by atoms with E-state index in [1.54, 1.807) is 6.20 Å². The van der Waals surface area contributed by atoms with Crippen LogP contribution in [-0.2, 0) is 16.1 Å². The summed E-state index contributed by atoms with van der Waals surface area (Å²) in [5.74, 6) is -0.0699. The molecule has 0 bridgehead atoms. The van der Waals surface area contributed by atoms with E-state index in [0.717, 1.165) is 25.1 Å². The number of amides is 2. The maximum absolute atomic E-state index is 11.3. The van der Waals surface area contributed by atoms with E-state index < -0.39 is 0 Å². The Morgan fingerprint density at radius 1 is 1.28 bits per heavy atom. The molecule has 0 spiro atoms. The molecule has 0 atom stereocenters. The van der Waals surface area contributed by atoms with Crippen LogP contribution in [0.25, 0.3) is 0 Å². The van der Waals surface area contributed by atoms with Crippen molar-refractivity contribution in [2.24, 2.45) is 0 Å². The number of nitrogens with zero attached hydrogens (tertiary/aromatic N) is 2. The average molecular weight is 247 g/mol. The van der Waals surface area contributed by atoms with Crippen LogP contribution in [0.5, 0.6) is 0 Å². The highest BCUT2D eigenvalue weighted by Crippen LogP contribution is 2.11. The summed E-state index contributed by atoms with van der Waals surface area (Å²) in [5, 5.41) is 3.27. The van der Waals surface area contributed by atoms with E-state index in [1.807, 2.05) is 18.3 Å². The molecule has 1 aromatic rings. The third kappa shape index (κ3) is 3.37. The molecule has 2 amide bonds. The Labute approximate surface area is 106 Å². The largest absolute Gasteiger partial charge is 0.313 e. The Hall–Kier alpha value is -1.75. The molecule has 1 aliphatic rings. The van der Waals surface area contributed by atoms with Crippen molar-refractivity contribution in [3.05, 3.63) is 30.1 Å². The van der Waals surface area contributed by atoms with Crippen molar-refractivity contribution in [1.82, 2.24) is 15.2 Å². The van der Waals surface area contributed by atoms with Crippen LogP contribution < -0.4 is 5.32 Å². The molecule has 1 fully saturated rings. The van der Waals surface area contributed by atoms with Crippen molar-refractivity contribution in [1.29, 1.82) is 0 Å². The summed E-state index contributed by atoms with van der Waals surface area (Å²) >= 11 is 0. The second-order valence-corrected chi connectivity index (χ2v) is 4.33. The highest BCUT2D eigenvalue weighted by molar-refractivity contribution is 6.01. The minimum atomic E-state index is -0.0349. The normalized spacial score (nSPS) is 15.4. The first kappa shape index (κ1) is 12.7. The number of imide groups is 1. The lowest BCUT2D eigenvalue weighted by Crippen LogP contribution is -2.31. The van der Waals surface area contributed by atoms with Crippen molar-refractivity contribution in [2.75, 3.05) is 13.1 Å². The lowest BCUT2D eigenvalue weighted by molar-refractivity contribution is -0.138. The predicted molar refractivity (Wildman–Crippen MR) is 66.5 cm³/mol. The van der Waals surface area contributed by atoms with Gasteiger partial charge in [-0.1, -0.05) is 6.07 Å². The number of likely N-dealkylation sites (tertiary alicyclic amines) is 1. The smallest absolute Gasteiger partial charge is 0.229 e. The molecule has 1 saturated heterocycles. The maximum atomic E-state index is 11.3. The Morgan fingerprint density at radius 2 is 2.06 bits per heavy atom. The van der Waals surface area contributed by atoms with E-state index in [1.165, 1.54) is 4.90 Å². The van der Waals surface area contributed by atoms with Gasteiger partial charge in [-0.05, 0) is 24.6 Å². The fraction of sp³-hybridized carbons (Fsp3) is 0.462. The second kappa shape index (κ2) is 6.26. The lowest BCUT2D eigenvalue weighted by Gasteiger charge is -2.13. The fourth-order valence-electron chi connectivity index (χ4n) is 1.97. The van der Waals surface area contributed by atoms with E-state index in [-0.39, 0.29) is 11.8 Å². The number of nitrogens with one attached hydrogen (secondary N) is 1. The molecular weight excluding hydrogens is 230 g/mol. The topological polar surface area (TPSA) is 62.3 Å². The molecule has 2 heterocycles. The summed E-state index contributed by atoms with van der Waals surface area (Å²) in [7, 11) is 0. The van der Waals surface area contributed by atoms with Gasteiger partial charge in [-0.3, -0.25) is 19.5 Å². The molecular formula is C13H17N3O2. The number of pyridine rings is 1. The van der Waals surface area contributed by atoms with Gasteiger partial charge in [0.1, 0.15) is 0 Å². The standard InChI is InChI=1S/C13H17N3O2/c17-12-4-5-13(18)16(12)8-2-7-15-10-11-3-1-6-14-9-11/h1,3,6,9,15H,2,4-5,7-8,10H2. The SMILES string of the molecule is O=C1CCC(=O)N1CCCNCc1cccnc1. The van der Waals surface area contributed by atoms with Crippen LogP contribution in [0.1, 0.15) is 24.8 Å². The number of hydrogen-bond donors (Lipinski definition) is 1. The first-order chi connectivity index (χ1) is 8.77. The Balaban J connectivity index is 1.62. The van der Waals surface area contributed by atoms with Crippen LogP contribution in [-0.4, -0.2) is 34.8 Å². The quantitative estimate of drug-likeness (QED) is 0.594. The van der Waals surface area contributed by atoms with Gasteiger partial charge in [0.05, 0.1) is 0 Å². The van der Waals surface area contributed by atoms with Crippen LogP contribution in [0.15, 0.2) is 24.5 Å². The average Bonchev–Trinajstić information content (AvgIpc) is 2.71. The highest BCUT2D eigenvalue weighted by Gasteiger charge is 2.27. The number of carbonyl (C=O) groups is 2. The zero-order valence-electron chi connectivity index (χ0n) is 10.3. The summed E-state index contributed by atoms with van der Waals surface area (Å²) in [5.41, 5.74) is 1.13. The molecule has 0 saturated carbocycles. The van der Waals surface area contributed by atoms with Gasteiger partial charge in [-0.15, -0.1) is 0 Å². The second-order valence-electron chi connectivity index (χ2n) is 4.33. The van der Waals surface area contributed by atoms with Gasteiger partial charge >= 0.3 is 0 Å². The molecule has 0 aliphatic carbocycles. The van der Waals surface area contributed by atoms with Gasteiger partial charge in [-0.25, -0.2) is 0 Å². The summed E-state index contributed by atoms with van der Waals surface area (Å²) < 4.78 is 0. The van der Waals surface area contributed by atoms with Crippen molar-refractivity contribution < 1.29 is 9.59 Å². The molecule has 0 aromatic carbocycles. The summed E-state index contributed by atoms with van der Waals surface area (Å²) in [6.45, 7) is 2.07. The number of hydrogen-bond acceptors (Lipinski definition) is 4. The van der Waals surface area contributed by atoms with Gasteiger partial charge in [0, 0.05) is 38.3 Å². The van der Waals surface area contributed by atoms with E-state index in [9.17, 15) is 9.59 Å². The van der Waals surface area contributed by atoms with E-state index in [2.05, 4.69) is 10.3 Å². The van der Waals surface area contributed by atoms with Gasteiger partial charge in [0.15, 0.2) is 0 Å². The van der Waals surface area contributed by atoms with Gasteiger partial charge in [0.25, 0.3) is 0 Å². The third-order valence-corrected chi connectivity index (χ3v) is 2.94. The minimum Gasteiger partial charge on any atom is -0.313 e. The molecule has 1 aliphatic heterocycles. The fourth-order valence-corrected chi connectivity index (χ4v) is 1.97. The number of carbonyl (C=O) groups excluding carboxylic acids is 2. The highest BCUT2D eigenvalue weighted by atomic mass is 16.2. The first-order valence-electron chi connectivity index (χ1n) is 6.20. The van der Waals surface area contributed by atoms with Crippen LogP contribution in [0.3, 0.4) is 0 Å². The zero-order valence-corrected chi connectivity index (χ0v) is 10.3. The van der Waals surface area contributed by atoms with Gasteiger partial charge < -0.3 is 5.32 Å².